The van der Waals surface area contributed by atoms with Crippen LogP contribution in [-0.2, 0) is 4.79 Å². The molecule has 1 aromatic carbocycles. The van der Waals surface area contributed by atoms with E-state index in [1.54, 1.807) is 26.0 Å². The number of ether oxygens (including phenoxy) is 1. The smallest absolute Gasteiger partial charge is 0.310 e. The number of para-hydroxylation sites is 2. The van der Waals surface area contributed by atoms with Gasteiger partial charge in [0.05, 0.1) is 16.9 Å². The van der Waals surface area contributed by atoms with Crippen molar-refractivity contribution >= 4 is 11.7 Å². The van der Waals surface area contributed by atoms with E-state index in [1.165, 1.54) is 12.1 Å². The monoisotopic (exact) mass is 267 g/mol. The molecule has 0 saturated heterocycles. The standard InChI is InChI=1S/C13H17NO5/c1-13(2,12(15)16)8-5-9-19-11-7-4-3-6-10(11)14(17)18/h3-4,6-7H,5,8-9H2,1-2H3,(H,15,16). The Bertz CT molecular complexity index is 470. The highest BCUT2D eigenvalue weighted by Crippen LogP contribution is 2.27. The fourth-order valence-corrected chi connectivity index (χ4v) is 1.53. The molecular weight excluding hydrogens is 250 g/mol. The van der Waals surface area contributed by atoms with Crippen LogP contribution in [0.15, 0.2) is 24.3 Å². The summed E-state index contributed by atoms with van der Waals surface area (Å²) in [6.45, 7) is 3.53. The van der Waals surface area contributed by atoms with Crippen LogP contribution in [0.5, 0.6) is 5.75 Å². The Morgan fingerprint density at radius 1 is 1.42 bits per heavy atom. The van der Waals surface area contributed by atoms with Crippen LogP contribution in [0.3, 0.4) is 0 Å². The van der Waals surface area contributed by atoms with Crippen molar-refractivity contribution in [3.63, 3.8) is 0 Å². The lowest BCUT2D eigenvalue weighted by atomic mass is 9.88. The van der Waals surface area contributed by atoms with E-state index in [1.807, 2.05) is 0 Å². The minimum atomic E-state index is -0.863. The lowest BCUT2D eigenvalue weighted by Gasteiger charge is -2.18. The third-order valence-electron chi connectivity index (χ3n) is 2.84. The van der Waals surface area contributed by atoms with Crippen LogP contribution in [0.2, 0.25) is 0 Å². The van der Waals surface area contributed by atoms with E-state index in [0.29, 0.717) is 12.8 Å². The van der Waals surface area contributed by atoms with Crippen LogP contribution >= 0.6 is 0 Å². The number of aliphatic carboxylic acids is 1. The lowest BCUT2D eigenvalue weighted by molar-refractivity contribution is -0.385. The molecule has 0 radical (unpaired) electrons. The van der Waals surface area contributed by atoms with E-state index in [2.05, 4.69) is 0 Å². The van der Waals surface area contributed by atoms with Gasteiger partial charge in [0.1, 0.15) is 0 Å². The summed E-state index contributed by atoms with van der Waals surface area (Å²) in [6.07, 6.45) is 0.967. The summed E-state index contributed by atoms with van der Waals surface area (Å²) in [5.74, 6) is -0.654. The SMILES string of the molecule is CC(C)(CCCOc1ccccc1[N+](=O)[O-])C(=O)O. The first kappa shape index (κ1) is 14.9. The van der Waals surface area contributed by atoms with Gasteiger partial charge < -0.3 is 9.84 Å². The molecule has 0 saturated carbocycles. The normalized spacial score (nSPS) is 11.1. The van der Waals surface area contributed by atoms with Crippen molar-refractivity contribution in [3.8, 4) is 5.75 Å². The lowest BCUT2D eigenvalue weighted by Crippen LogP contribution is -2.24. The van der Waals surface area contributed by atoms with Crippen molar-refractivity contribution in [2.24, 2.45) is 5.41 Å². The van der Waals surface area contributed by atoms with E-state index in [-0.39, 0.29) is 18.0 Å². The molecule has 0 unspecified atom stereocenters. The van der Waals surface area contributed by atoms with Crippen LogP contribution in [0.1, 0.15) is 26.7 Å². The molecule has 0 bridgehead atoms. The Hall–Kier alpha value is -2.11. The highest BCUT2D eigenvalue weighted by molar-refractivity contribution is 5.73. The molecule has 1 N–H and O–H groups in total. The zero-order valence-corrected chi connectivity index (χ0v) is 11.0. The number of hydrogen-bond acceptors (Lipinski definition) is 4. The van der Waals surface area contributed by atoms with Gasteiger partial charge in [-0.15, -0.1) is 0 Å². The maximum atomic E-state index is 10.9. The number of carboxylic acids is 1. The second kappa shape index (κ2) is 6.17. The van der Waals surface area contributed by atoms with Crippen LogP contribution < -0.4 is 4.74 Å². The Kier molecular flexibility index (Phi) is 4.86. The molecule has 0 fully saturated rings. The van der Waals surface area contributed by atoms with E-state index in [0.717, 1.165) is 0 Å². The van der Waals surface area contributed by atoms with Gasteiger partial charge >= 0.3 is 11.7 Å². The van der Waals surface area contributed by atoms with E-state index >= 15 is 0 Å². The first-order chi connectivity index (χ1) is 8.84. The summed E-state index contributed by atoms with van der Waals surface area (Å²) < 4.78 is 5.34. The average Bonchev–Trinajstić information content (AvgIpc) is 2.34. The zero-order chi connectivity index (χ0) is 14.5. The number of nitro benzene ring substituents is 1. The molecule has 0 aromatic heterocycles. The van der Waals surface area contributed by atoms with Gasteiger partial charge in [-0.3, -0.25) is 14.9 Å². The average molecular weight is 267 g/mol. The Labute approximate surface area is 111 Å². The van der Waals surface area contributed by atoms with Crippen LogP contribution in [-0.4, -0.2) is 22.6 Å². The molecule has 0 heterocycles. The Morgan fingerprint density at radius 3 is 2.63 bits per heavy atom. The van der Waals surface area contributed by atoms with Crippen molar-refractivity contribution < 1.29 is 19.6 Å². The Balaban J connectivity index is 2.51. The highest BCUT2D eigenvalue weighted by atomic mass is 16.6. The summed E-state index contributed by atoms with van der Waals surface area (Å²) >= 11 is 0. The van der Waals surface area contributed by atoms with Crippen molar-refractivity contribution in [3.05, 3.63) is 34.4 Å². The number of nitrogens with zero attached hydrogens (tertiary/aromatic N) is 1. The number of carbonyl (C=O) groups is 1. The van der Waals surface area contributed by atoms with Crippen molar-refractivity contribution in [2.75, 3.05) is 6.61 Å². The molecule has 0 spiro atoms. The summed E-state index contributed by atoms with van der Waals surface area (Å²) in [6, 6.07) is 6.12. The molecule has 6 nitrogen and oxygen atoms in total. The second-order valence-corrected chi connectivity index (χ2v) is 4.87. The minimum absolute atomic E-state index is 0.0833. The number of nitro groups is 1. The first-order valence-electron chi connectivity index (χ1n) is 5.94. The van der Waals surface area contributed by atoms with Gasteiger partial charge in [0.25, 0.3) is 0 Å². The molecule has 0 aliphatic rings. The van der Waals surface area contributed by atoms with E-state index in [9.17, 15) is 14.9 Å². The molecule has 0 atom stereocenters. The molecule has 0 aliphatic carbocycles. The fourth-order valence-electron chi connectivity index (χ4n) is 1.53. The summed E-state index contributed by atoms with van der Waals surface area (Å²) in [4.78, 5) is 21.1. The van der Waals surface area contributed by atoms with E-state index in [4.69, 9.17) is 9.84 Å². The van der Waals surface area contributed by atoms with Crippen LogP contribution in [0.4, 0.5) is 5.69 Å². The maximum absolute atomic E-state index is 10.9. The van der Waals surface area contributed by atoms with Crippen molar-refractivity contribution in [2.45, 2.75) is 26.7 Å². The minimum Gasteiger partial charge on any atom is -0.487 e. The topological polar surface area (TPSA) is 89.7 Å². The van der Waals surface area contributed by atoms with Crippen LogP contribution in [0, 0.1) is 15.5 Å². The number of hydrogen-bond donors (Lipinski definition) is 1. The maximum Gasteiger partial charge on any atom is 0.310 e. The van der Waals surface area contributed by atoms with Gasteiger partial charge in [0.15, 0.2) is 5.75 Å². The molecule has 0 aliphatic heterocycles. The largest absolute Gasteiger partial charge is 0.487 e. The molecule has 1 aromatic rings. The van der Waals surface area contributed by atoms with Gasteiger partial charge in [-0.25, -0.2) is 0 Å². The molecular formula is C13H17NO5. The molecule has 0 amide bonds. The highest BCUT2D eigenvalue weighted by Gasteiger charge is 2.26. The van der Waals surface area contributed by atoms with Gasteiger partial charge in [0.2, 0.25) is 0 Å². The van der Waals surface area contributed by atoms with Gasteiger partial charge in [0, 0.05) is 6.07 Å². The van der Waals surface area contributed by atoms with Crippen LogP contribution in [0.25, 0.3) is 0 Å². The van der Waals surface area contributed by atoms with Crippen molar-refractivity contribution in [1.82, 2.24) is 0 Å². The quantitative estimate of drug-likeness (QED) is 0.466. The first-order valence-corrected chi connectivity index (χ1v) is 5.94. The number of benzene rings is 1. The van der Waals surface area contributed by atoms with Gasteiger partial charge in [-0.05, 0) is 32.8 Å². The molecule has 6 heteroatoms. The van der Waals surface area contributed by atoms with Gasteiger partial charge in [-0.2, -0.15) is 0 Å². The predicted octanol–water partition coefficient (Wildman–Crippen LogP) is 2.86. The third kappa shape index (κ3) is 4.24. The molecule has 104 valence electrons. The second-order valence-electron chi connectivity index (χ2n) is 4.87. The predicted molar refractivity (Wildman–Crippen MR) is 69.2 cm³/mol. The summed E-state index contributed by atoms with van der Waals surface area (Å²) in [5.41, 5.74) is -0.897. The van der Waals surface area contributed by atoms with Gasteiger partial charge in [-0.1, -0.05) is 12.1 Å². The number of carboxylic acid groups (broad SMARTS) is 1. The summed E-state index contributed by atoms with van der Waals surface area (Å²) in [5, 5.41) is 19.7. The molecule has 1 rings (SSSR count). The van der Waals surface area contributed by atoms with Crippen molar-refractivity contribution in [1.29, 1.82) is 0 Å². The third-order valence-corrected chi connectivity index (χ3v) is 2.84. The summed E-state index contributed by atoms with van der Waals surface area (Å²) in [7, 11) is 0. The Morgan fingerprint density at radius 2 is 2.05 bits per heavy atom. The molecule has 19 heavy (non-hydrogen) atoms. The fraction of sp³-hybridized carbons (Fsp3) is 0.462. The zero-order valence-electron chi connectivity index (χ0n) is 11.0. The van der Waals surface area contributed by atoms with E-state index < -0.39 is 16.3 Å². The number of rotatable bonds is 7.